The third kappa shape index (κ3) is 2.93. The molecule has 2 atom stereocenters. The lowest BCUT2D eigenvalue weighted by atomic mass is 9.82. The number of hydrogen-bond acceptors (Lipinski definition) is 3. The highest BCUT2D eigenvalue weighted by Gasteiger charge is 2.38. The van der Waals surface area contributed by atoms with Gasteiger partial charge in [0.2, 0.25) is 0 Å². The lowest BCUT2D eigenvalue weighted by Gasteiger charge is -2.42. The van der Waals surface area contributed by atoms with Gasteiger partial charge in [-0.2, -0.15) is 0 Å². The van der Waals surface area contributed by atoms with Crippen molar-refractivity contribution < 1.29 is 9.47 Å². The Morgan fingerprint density at radius 2 is 2.20 bits per heavy atom. The topological polar surface area (TPSA) is 30.5 Å². The van der Waals surface area contributed by atoms with E-state index in [0.717, 1.165) is 30.8 Å². The predicted octanol–water partition coefficient (Wildman–Crippen LogP) is 4.08. The fourth-order valence-electron chi connectivity index (χ4n) is 3.08. The second kappa shape index (κ2) is 6.49. The highest BCUT2D eigenvalue weighted by Crippen LogP contribution is 2.44. The van der Waals surface area contributed by atoms with Crippen molar-refractivity contribution in [2.45, 2.75) is 57.6 Å². The van der Waals surface area contributed by atoms with Gasteiger partial charge in [-0.25, -0.2) is 0 Å². The molecule has 0 radical (unpaired) electrons. The summed E-state index contributed by atoms with van der Waals surface area (Å²) in [6.07, 6.45) is 5.64. The normalized spacial score (nSPS) is 24.9. The van der Waals surface area contributed by atoms with Crippen molar-refractivity contribution in [2.75, 3.05) is 14.2 Å². The molecule has 1 N–H and O–H groups in total. The van der Waals surface area contributed by atoms with Crippen molar-refractivity contribution in [3.63, 3.8) is 0 Å². The number of unbranched alkanes of at least 4 members (excludes halogenated alkanes) is 1. The van der Waals surface area contributed by atoms with Gasteiger partial charge >= 0.3 is 0 Å². The van der Waals surface area contributed by atoms with E-state index in [2.05, 4.69) is 25.2 Å². The van der Waals surface area contributed by atoms with Gasteiger partial charge in [-0.05, 0) is 44.5 Å². The van der Waals surface area contributed by atoms with Crippen molar-refractivity contribution in [1.82, 2.24) is 5.32 Å². The van der Waals surface area contributed by atoms with Crippen LogP contribution >= 0.6 is 0 Å². The second-order valence-electron chi connectivity index (χ2n) is 5.69. The second-order valence-corrected chi connectivity index (χ2v) is 5.69. The zero-order valence-corrected chi connectivity index (χ0v) is 13.2. The average molecular weight is 277 g/mol. The molecule has 2 unspecified atom stereocenters. The van der Waals surface area contributed by atoms with E-state index in [4.69, 9.17) is 9.47 Å². The lowest BCUT2D eigenvalue weighted by Crippen LogP contribution is -2.43. The highest BCUT2D eigenvalue weighted by molar-refractivity contribution is 5.44. The summed E-state index contributed by atoms with van der Waals surface area (Å²) >= 11 is 0. The van der Waals surface area contributed by atoms with Crippen LogP contribution in [0.4, 0.5) is 0 Å². The maximum absolute atomic E-state index is 6.41. The molecule has 1 aromatic carbocycles. The first-order valence-corrected chi connectivity index (χ1v) is 7.72. The minimum Gasteiger partial charge on any atom is -0.497 e. The molecular formula is C17H27NO2. The molecule has 1 heterocycles. The molecule has 0 saturated heterocycles. The van der Waals surface area contributed by atoms with Gasteiger partial charge < -0.3 is 14.8 Å². The standard InChI is InChI=1S/C17H27NO2/c1-5-7-10-17(6-2)12-15(18-3)14-11-13(19-4)8-9-16(14)20-17/h8-9,11,15,18H,5-7,10,12H2,1-4H3. The summed E-state index contributed by atoms with van der Waals surface area (Å²) in [4.78, 5) is 0. The summed E-state index contributed by atoms with van der Waals surface area (Å²) in [6, 6.07) is 6.46. The van der Waals surface area contributed by atoms with Crippen LogP contribution in [-0.2, 0) is 0 Å². The number of benzene rings is 1. The monoisotopic (exact) mass is 277 g/mol. The Morgan fingerprint density at radius 1 is 1.40 bits per heavy atom. The van der Waals surface area contributed by atoms with Crippen LogP contribution in [0, 0.1) is 0 Å². The summed E-state index contributed by atoms with van der Waals surface area (Å²) < 4.78 is 11.7. The van der Waals surface area contributed by atoms with Crippen LogP contribution in [0.1, 0.15) is 57.6 Å². The first kappa shape index (κ1) is 15.2. The molecule has 2 rings (SSSR count). The molecule has 0 saturated carbocycles. The highest BCUT2D eigenvalue weighted by atomic mass is 16.5. The third-order valence-electron chi connectivity index (χ3n) is 4.47. The van der Waals surface area contributed by atoms with Gasteiger partial charge in [0.1, 0.15) is 17.1 Å². The summed E-state index contributed by atoms with van der Waals surface area (Å²) in [5.74, 6) is 1.90. The zero-order chi connectivity index (χ0) is 14.6. The number of fused-ring (bicyclic) bond motifs is 1. The number of hydrogen-bond donors (Lipinski definition) is 1. The predicted molar refractivity (Wildman–Crippen MR) is 82.6 cm³/mol. The largest absolute Gasteiger partial charge is 0.497 e. The molecule has 0 spiro atoms. The molecular weight excluding hydrogens is 250 g/mol. The first-order valence-electron chi connectivity index (χ1n) is 7.72. The van der Waals surface area contributed by atoms with Crippen LogP contribution in [0.5, 0.6) is 11.5 Å². The number of ether oxygens (including phenoxy) is 2. The molecule has 0 amide bonds. The molecule has 0 aliphatic carbocycles. The van der Waals surface area contributed by atoms with E-state index in [1.807, 2.05) is 19.2 Å². The molecule has 1 aliphatic heterocycles. The quantitative estimate of drug-likeness (QED) is 0.850. The Morgan fingerprint density at radius 3 is 2.80 bits per heavy atom. The minimum absolute atomic E-state index is 0.0225. The summed E-state index contributed by atoms with van der Waals surface area (Å²) in [7, 11) is 3.73. The van der Waals surface area contributed by atoms with E-state index in [9.17, 15) is 0 Å². The number of nitrogens with one attached hydrogen (secondary N) is 1. The van der Waals surface area contributed by atoms with E-state index in [0.29, 0.717) is 6.04 Å². The van der Waals surface area contributed by atoms with E-state index < -0.39 is 0 Å². The minimum atomic E-state index is -0.0225. The van der Waals surface area contributed by atoms with E-state index in [1.165, 1.54) is 18.4 Å². The molecule has 112 valence electrons. The summed E-state index contributed by atoms with van der Waals surface area (Å²) in [6.45, 7) is 4.47. The van der Waals surface area contributed by atoms with Gasteiger partial charge in [0.05, 0.1) is 7.11 Å². The molecule has 1 aliphatic rings. The van der Waals surface area contributed by atoms with Gasteiger partial charge in [0, 0.05) is 18.0 Å². The van der Waals surface area contributed by atoms with Crippen LogP contribution in [-0.4, -0.2) is 19.8 Å². The fourth-order valence-corrected chi connectivity index (χ4v) is 3.08. The molecule has 0 fully saturated rings. The van der Waals surface area contributed by atoms with Crippen molar-refractivity contribution >= 4 is 0 Å². The first-order chi connectivity index (χ1) is 9.68. The number of rotatable bonds is 6. The van der Waals surface area contributed by atoms with Crippen LogP contribution < -0.4 is 14.8 Å². The van der Waals surface area contributed by atoms with Crippen LogP contribution in [0.2, 0.25) is 0 Å². The molecule has 20 heavy (non-hydrogen) atoms. The Bertz CT molecular complexity index is 447. The smallest absolute Gasteiger partial charge is 0.125 e. The van der Waals surface area contributed by atoms with Crippen molar-refractivity contribution in [2.24, 2.45) is 0 Å². The summed E-state index contributed by atoms with van der Waals surface area (Å²) in [5.41, 5.74) is 1.19. The van der Waals surface area contributed by atoms with E-state index in [1.54, 1.807) is 7.11 Å². The maximum atomic E-state index is 6.41. The zero-order valence-electron chi connectivity index (χ0n) is 13.2. The van der Waals surface area contributed by atoms with Crippen LogP contribution in [0.3, 0.4) is 0 Å². The molecule has 0 aromatic heterocycles. The van der Waals surface area contributed by atoms with Gasteiger partial charge in [-0.3, -0.25) is 0 Å². The molecule has 0 bridgehead atoms. The Balaban J connectivity index is 2.32. The molecule has 3 heteroatoms. The number of methoxy groups -OCH3 is 1. The van der Waals surface area contributed by atoms with Gasteiger partial charge in [0.25, 0.3) is 0 Å². The Labute approximate surface area is 122 Å². The summed E-state index contributed by atoms with van der Waals surface area (Å²) in [5, 5.41) is 3.44. The van der Waals surface area contributed by atoms with Gasteiger partial charge in [-0.15, -0.1) is 0 Å². The van der Waals surface area contributed by atoms with Crippen molar-refractivity contribution in [3.8, 4) is 11.5 Å². The lowest BCUT2D eigenvalue weighted by molar-refractivity contribution is 0.0174. The van der Waals surface area contributed by atoms with Gasteiger partial charge in [-0.1, -0.05) is 20.3 Å². The molecule has 1 aromatic rings. The van der Waals surface area contributed by atoms with Crippen molar-refractivity contribution in [3.05, 3.63) is 23.8 Å². The van der Waals surface area contributed by atoms with Gasteiger partial charge in [0.15, 0.2) is 0 Å². The van der Waals surface area contributed by atoms with Crippen LogP contribution in [0.15, 0.2) is 18.2 Å². The van der Waals surface area contributed by atoms with E-state index >= 15 is 0 Å². The fraction of sp³-hybridized carbons (Fsp3) is 0.647. The average Bonchev–Trinajstić information content (AvgIpc) is 2.51. The SMILES string of the molecule is CCCCC1(CC)CC(NC)c2cc(OC)ccc2O1. The molecule has 3 nitrogen and oxygen atoms in total. The third-order valence-corrected chi connectivity index (χ3v) is 4.47. The maximum Gasteiger partial charge on any atom is 0.125 e. The van der Waals surface area contributed by atoms with Crippen molar-refractivity contribution in [1.29, 1.82) is 0 Å². The van der Waals surface area contributed by atoms with E-state index in [-0.39, 0.29) is 5.60 Å². The Kier molecular flexibility index (Phi) is 4.92. The Hall–Kier alpha value is -1.22. The van der Waals surface area contributed by atoms with Crippen LogP contribution in [0.25, 0.3) is 0 Å².